The van der Waals surface area contributed by atoms with Crippen molar-refractivity contribution in [1.29, 1.82) is 0 Å². The van der Waals surface area contributed by atoms with Crippen LogP contribution in [0.3, 0.4) is 0 Å². The lowest BCUT2D eigenvalue weighted by Gasteiger charge is -2.06. The molecule has 0 fully saturated rings. The van der Waals surface area contributed by atoms with Crippen molar-refractivity contribution in [2.75, 3.05) is 20.2 Å². The van der Waals surface area contributed by atoms with Crippen LogP contribution >= 0.6 is 0 Å². The fourth-order valence-electron chi connectivity index (χ4n) is 1.83. The van der Waals surface area contributed by atoms with Gasteiger partial charge in [0.1, 0.15) is 10.7 Å². The Balaban J connectivity index is 1.76. The summed E-state index contributed by atoms with van der Waals surface area (Å²) in [7, 11) is 1.53. The van der Waals surface area contributed by atoms with E-state index >= 15 is 0 Å². The number of nitrogens with one attached hydrogen (secondary N) is 2. The summed E-state index contributed by atoms with van der Waals surface area (Å²) in [6.07, 6.45) is 0. The van der Waals surface area contributed by atoms with Gasteiger partial charge in [-0.1, -0.05) is 0 Å². The highest BCUT2D eigenvalue weighted by atomic mass is 16.6. The number of carbonyl (C=O) groups excluding carboxylic acids is 2. The molecular weight excluding hydrogens is 318 g/mol. The molecule has 2 aromatic rings. The number of nitrogens with zero attached hydrogens (tertiary/aromatic N) is 1. The predicted molar refractivity (Wildman–Crippen MR) is 83.0 cm³/mol. The van der Waals surface area contributed by atoms with Crippen LogP contribution in [0.4, 0.5) is 5.88 Å². The molecule has 9 heteroatoms. The van der Waals surface area contributed by atoms with Gasteiger partial charge < -0.3 is 19.8 Å². The minimum absolute atomic E-state index is 0.148. The highest BCUT2D eigenvalue weighted by Crippen LogP contribution is 2.15. The second kappa shape index (κ2) is 7.77. The van der Waals surface area contributed by atoms with E-state index in [1.807, 2.05) is 0 Å². The van der Waals surface area contributed by atoms with Crippen molar-refractivity contribution in [3.05, 3.63) is 57.8 Å². The van der Waals surface area contributed by atoms with Gasteiger partial charge in [0.2, 0.25) is 0 Å². The first-order valence-corrected chi connectivity index (χ1v) is 6.96. The third-order valence-corrected chi connectivity index (χ3v) is 3.04. The third kappa shape index (κ3) is 4.32. The highest BCUT2D eigenvalue weighted by Gasteiger charge is 2.16. The molecule has 0 aliphatic heterocycles. The van der Waals surface area contributed by atoms with Crippen LogP contribution in [0.2, 0.25) is 0 Å². The van der Waals surface area contributed by atoms with Gasteiger partial charge in [-0.15, -0.1) is 0 Å². The SMILES string of the molecule is COc1ccc(C(=O)NCCNC(=O)c2ccc([N+](=O)[O-])o2)cc1. The van der Waals surface area contributed by atoms with Crippen molar-refractivity contribution in [2.24, 2.45) is 0 Å². The number of ether oxygens (including phenoxy) is 1. The van der Waals surface area contributed by atoms with Crippen molar-refractivity contribution >= 4 is 17.7 Å². The highest BCUT2D eigenvalue weighted by molar-refractivity contribution is 5.94. The van der Waals surface area contributed by atoms with E-state index in [-0.39, 0.29) is 24.8 Å². The fourth-order valence-corrected chi connectivity index (χ4v) is 1.83. The molecule has 126 valence electrons. The van der Waals surface area contributed by atoms with E-state index in [0.717, 1.165) is 6.07 Å². The maximum Gasteiger partial charge on any atom is 0.433 e. The molecule has 0 spiro atoms. The minimum Gasteiger partial charge on any atom is -0.497 e. The number of nitro groups is 1. The van der Waals surface area contributed by atoms with Gasteiger partial charge in [0, 0.05) is 18.7 Å². The van der Waals surface area contributed by atoms with Gasteiger partial charge >= 0.3 is 5.88 Å². The molecule has 0 aliphatic rings. The lowest BCUT2D eigenvalue weighted by atomic mass is 10.2. The number of methoxy groups -OCH3 is 1. The second-order valence-electron chi connectivity index (χ2n) is 4.64. The zero-order chi connectivity index (χ0) is 17.5. The first-order valence-electron chi connectivity index (χ1n) is 6.96. The molecule has 0 bridgehead atoms. The summed E-state index contributed by atoms with van der Waals surface area (Å²) in [5, 5.41) is 15.6. The molecule has 0 aliphatic carbocycles. The first kappa shape index (κ1) is 17.0. The molecule has 2 amide bonds. The largest absolute Gasteiger partial charge is 0.497 e. The molecular formula is C15H15N3O6. The molecule has 0 saturated carbocycles. The van der Waals surface area contributed by atoms with Crippen LogP contribution in [0.1, 0.15) is 20.9 Å². The minimum atomic E-state index is -0.730. The molecule has 9 nitrogen and oxygen atoms in total. The second-order valence-corrected chi connectivity index (χ2v) is 4.64. The van der Waals surface area contributed by atoms with Crippen LogP contribution in [0.15, 0.2) is 40.8 Å². The van der Waals surface area contributed by atoms with Crippen LogP contribution in [0, 0.1) is 10.1 Å². The van der Waals surface area contributed by atoms with Crippen LogP contribution in [-0.4, -0.2) is 36.9 Å². The summed E-state index contributed by atoms with van der Waals surface area (Å²) >= 11 is 0. The van der Waals surface area contributed by atoms with E-state index in [9.17, 15) is 19.7 Å². The fraction of sp³-hybridized carbons (Fsp3) is 0.200. The predicted octanol–water partition coefficient (Wildman–Crippen LogP) is 1.36. The Labute approximate surface area is 136 Å². The van der Waals surface area contributed by atoms with E-state index in [2.05, 4.69) is 10.6 Å². The van der Waals surface area contributed by atoms with Gasteiger partial charge in [0.05, 0.1) is 13.2 Å². The number of benzene rings is 1. The van der Waals surface area contributed by atoms with Gasteiger partial charge in [0.15, 0.2) is 5.76 Å². The van der Waals surface area contributed by atoms with Crippen LogP contribution in [0.5, 0.6) is 5.75 Å². The van der Waals surface area contributed by atoms with Gasteiger partial charge in [-0.05, 0) is 30.3 Å². The van der Waals surface area contributed by atoms with E-state index in [1.165, 1.54) is 13.2 Å². The lowest BCUT2D eigenvalue weighted by molar-refractivity contribution is -0.402. The van der Waals surface area contributed by atoms with E-state index in [4.69, 9.17) is 9.15 Å². The third-order valence-electron chi connectivity index (χ3n) is 3.04. The maximum absolute atomic E-state index is 11.9. The van der Waals surface area contributed by atoms with Crippen molar-refractivity contribution < 1.29 is 23.7 Å². The zero-order valence-electron chi connectivity index (χ0n) is 12.8. The lowest BCUT2D eigenvalue weighted by Crippen LogP contribution is -2.34. The summed E-state index contributed by atoms with van der Waals surface area (Å²) in [4.78, 5) is 33.3. The van der Waals surface area contributed by atoms with Gasteiger partial charge in [0.25, 0.3) is 11.8 Å². The summed E-state index contributed by atoms with van der Waals surface area (Å²) < 4.78 is 9.77. The summed E-state index contributed by atoms with van der Waals surface area (Å²) in [5.41, 5.74) is 0.462. The molecule has 24 heavy (non-hydrogen) atoms. The normalized spacial score (nSPS) is 10.0. The Morgan fingerprint density at radius 3 is 2.25 bits per heavy atom. The number of amides is 2. The number of rotatable bonds is 7. The van der Waals surface area contributed by atoms with Crippen LogP contribution in [0.25, 0.3) is 0 Å². The molecule has 1 heterocycles. The first-order chi connectivity index (χ1) is 11.5. The molecule has 0 unspecified atom stereocenters. The molecule has 0 saturated heterocycles. The molecule has 0 radical (unpaired) electrons. The number of hydrogen-bond donors (Lipinski definition) is 2. The zero-order valence-corrected chi connectivity index (χ0v) is 12.8. The van der Waals surface area contributed by atoms with Gasteiger partial charge in [-0.3, -0.25) is 19.7 Å². The van der Waals surface area contributed by atoms with E-state index in [0.29, 0.717) is 11.3 Å². The molecule has 0 atom stereocenters. The number of furan rings is 1. The molecule has 1 aromatic carbocycles. The topological polar surface area (TPSA) is 124 Å². The van der Waals surface area contributed by atoms with Gasteiger partial charge in [-0.25, -0.2) is 0 Å². The van der Waals surface area contributed by atoms with Crippen LogP contribution < -0.4 is 15.4 Å². The van der Waals surface area contributed by atoms with E-state index < -0.39 is 16.7 Å². The standard InChI is InChI=1S/C15H15N3O6/c1-23-11-4-2-10(3-5-11)14(19)16-8-9-17-15(20)12-6-7-13(24-12)18(21)22/h2-7H,8-9H2,1H3,(H,16,19)(H,17,20). The summed E-state index contributed by atoms with van der Waals surface area (Å²) in [6, 6.07) is 8.88. The average Bonchev–Trinajstić information content (AvgIpc) is 3.09. The van der Waals surface area contributed by atoms with Crippen molar-refractivity contribution in [3.63, 3.8) is 0 Å². The Morgan fingerprint density at radius 1 is 1.08 bits per heavy atom. The maximum atomic E-state index is 11.9. The van der Waals surface area contributed by atoms with E-state index in [1.54, 1.807) is 24.3 Å². The summed E-state index contributed by atoms with van der Waals surface area (Å²) in [6.45, 7) is 0.342. The van der Waals surface area contributed by atoms with Crippen molar-refractivity contribution in [3.8, 4) is 5.75 Å². The Bertz CT molecular complexity index is 738. The Kier molecular flexibility index (Phi) is 5.50. The number of carbonyl (C=O) groups is 2. The Morgan fingerprint density at radius 2 is 1.71 bits per heavy atom. The average molecular weight is 333 g/mol. The van der Waals surface area contributed by atoms with Crippen LogP contribution in [-0.2, 0) is 0 Å². The molecule has 2 N–H and O–H groups in total. The molecule has 1 aromatic heterocycles. The molecule has 2 rings (SSSR count). The number of hydrogen-bond acceptors (Lipinski definition) is 6. The summed E-state index contributed by atoms with van der Waals surface area (Å²) in [5.74, 6) is -0.912. The van der Waals surface area contributed by atoms with Crippen molar-refractivity contribution in [2.45, 2.75) is 0 Å². The van der Waals surface area contributed by atoms with Crippen molar-refractivity contribution in [1.82, 2.24) is 10.6 Å². The smallest absolute Gasteiger partial charge is 0.433 e. The van der Waals surface area contributed by atoms with Gasteiger partial charge in [-0.2, -0.15) is 0 Å². The quantitative estimate of drug-likeness (QED) is 0.448. The monoisotopic (exact) mass is 333 g/mol. The Hall–Kier alpha value is -3.36.